The Labute approximate surface area is 93.7 Å². The van der Waals surface area contributed by atoms with Gasteiger partial charge in [-0.2, -0.15) is 0 Å². The first-order valence-corrected chi connectivity index (χ1v) is 6.52. The van der Waals surface area contributed by atoms with E-state index in [1.807, 2.05) is 0 Å². The molecule has 2 nitrogen and oxygen atoms in total. The molecule has 86 valence electrons. The second-order valence-corrected chi connectivity index (χ2v) is 4.81. The summed E-state index contributed by atoms with van der Waals surface area (Å²) in [4.78, 5) is 2.71. The number of hydrogen-bond donors (Lipinski definition) is 1. The maximum atomic E-state index is 3.57. The van der Waals surface area contributed by atoms with Crippen LogP contribution >= 0.6 is 0 Å². The summed E-state index contributed by atoms with van der Waals surface area (Å²) in [5, 5.41) is 3.57. The predicted molar refractivity (Wildman–Crippen MR) is 65.1 cm³/mol. The Morgan fingerprint density at radius 2 is 2.00 bits per heavy atom. The molecular weight excluding hydrogens is 184 g/mol. The molecule has 1 unspecified atom stereocenters. The number of rotatable bonds is 3. The minimum Gasteiger partial charge on any atom is -0.314 e. The lowest BCUT2D eigenvalue weighted by molar-refractivity contribution is 0.136. The Balaban J connectivity index is 1.75. The molecule has 0 radical (unpaired) electrons. The summed E-state index contributed by atoms with van der Waals surface area (Å²) in [5.74, 6) is 0. The van der Waals surface area contributed by atoms with E-state index in [1.54, 1.807) is 0 Å². The highest BCUT2D eigenvalue weighted by Gasteiger charge is 2.24. The monoisotopic (exact) mass is 208 g/mol. The molecule has 0 saturated carbocycles. The van der Waals surface area contributed by atoms with E-state index in [-0.39, 0.29) is 0 Å². The molecular formula is C13H24N2. The summed E-state index contributed by atoms with van der Waals surface area (Å²) < 4.78 is 0. The molecule has 15 heavy (non-hydrogen) atoms. The smallest absolute Gasteiger partial charge is 0.0133 e. The largest absolute Gasteiger partial charge is 0.314 e. The van der Waals surface area contributed by atoms with Crippen LogP contribution in [0.25, 0.3) is 0 Å². The minimum absolute atomic E-state index is 0.783. The molecule has 0 bridgehead atoms. The first-order chi connectivity index (χ1) is 7.40. The number of allylic oxidation sites excluding steroid dienone is 1. The van der Waals surface area contributed by atoms with Gasteiger partial charge in [0.25, 0.3) is 0 Å². The zero-order chi connectivity index (χ0) is 10.5. The van der Waals surface area contributed by atoms with Crippen LogP contribution in [0.2, 0.25) is 0 Å². The summed E-state index contributed by atoms with van der Waals surface area (Å²) >= 11 is 0. The van der Waals surface area contributed by atoms with Gasteiger partial charge in [-0.3, -0.25) is 4.90 Å². The fraction of sp³-hybridized carbons (Fsp3) is 0.846. The molecule has 0 aromatic heterocycles. The minimum atomic E-state index is 0.783. The second-order valence-electron chi connectivity index (χ2n) is 4.81. The topological polar surface area (TPSA) is 15.3 Å². The van der Waals surface area contributed by atoms with Crippen molar-refractivity contribution in [2.45, 2.75) is 51.1 Å². The quantitative estimate of drug-likeness (QED) is 0.715. The van der Waals surface area contributed by atoms with Crippen LogP contribution in [-0.2, 0) is 0 Å². The molecule has 1 atom stereocenters. The van der Waals surface area contributed by atoms with Crippen molar-refractivity contribution in [3.63, 3.8) is 0 Å². The molecule has 2 aliphatic rings. The van der Waals surface area contributed by atoms with Crippen molar-refractivity contribution in [3.8, 4) is 0 Å². The van der Waals surface area contributed by atoms with E-state index >= 15 is 0 Å². The van der Waals surface area contributed by atoms with Crippen LogP contribution in [-0.4, -0.2) is 36.6 Å². The van der Waals surface area contributed by atoms with E-state index in [1.165, 1.54) is 45.2 Å². The van der Waals surface area contributed by atoms with Gasteiger partial charge in [0.05, 0.1) is 0 Å². The third kappa shape index (κ3) is 3.05. The molecule has 0 aromatic rings. The molecule has 1 heterocycles. The highest BCUT2D eigenvalue weighted by molar-refractivity contribution is 4.95. The van der Waals surface area contributed by atoms with E-state index in [9.17, 15) is 0 Å². The van der Waals surface area contributed by atoms with E-state index in [2.05, 4.69) is 29.3 Å². The van der Waals surface area contributed by atoms with Crippen molar-refractivity contribution in [3.05, 3.63) is 12.2 Å². The Hall–Kier alpha value is -0.340. The molecule has 1 aliphatic heterocycles. The van der Waals surface area contributed by atoms with E-state index in [0.29, 0.717) is 0 Å². The number of nitrogens with zero attached hydrogens (tertiary/aromatic N) is 1. The molecule has 1 saturated heterocycles. The number of likely N-dealkylation sites (tertiary alicyclic amines) is 1. The zero-order valence-corrected chi connectivity index (χ0v) is 9.91. The molecule has 1 N–H and O–H groups in total. The van der Waals surface area contributed by atoms with Gasteiger partial charge in [-0.1, -0.05) is 19.1 Å². The molecule has 1 aliphatic carbocycles. The van der Waals surface area contributed by atoms with Gasteiger partial charge in [-0.05, 0) is 51.7 Å². The normalized spacial score (nSPS) is 29.5. The average molecular weight is 208 g/mol. The van der Waals surface area contributed by atoms with Gasteiger partial charge in [0.15, 0.2) is 0 Å². The zero-order valence-electron chi connectivity index (χ0n) is 9.91. The lowest BCUT2D eigenvalue weighted by Crippen LogP contribution is -2.46. The summed E-state index contributed by atoms with van der Waals surface area (Å²) in [7, 11) is 0. The van der Waals surface area contributed by atoms with Crippen molar-refractivity contribution in [2.24, 2.45) is 0 Å². The Kier molecular flexibility index (Phi) is 4.21. The fourth-order valence-electron chi connectivity index (χ4n) is 2.87. The third-order valence-electron chi connectivity index (χ3n) is 3.78. The highest BCUT2D eigenvalue weighted by Crippen LogP contribution is 2.21. The molecule has 0 aromatic carbocycles. The van der Waals surface area contributed by atoms with Crippen LogP contribution in [0.15, 0.2) is 12.2 Å². The van der Waals surface area contributed by atoms with Crippen molar-refractivity contribution in [1.29, 1.82) is 0 Å². The van der Waals surface area contributed by atoms with E-state index < -0.39 is 0 Å². The van der Waals surface area contributed by atoms with Gasteiger partial charge in [0, 0.05) is 12.1 Å². The van der Waals surface area contributed by atoms with Gasteiger partial charge in [-0.15, -0.1) is 0 Å². The first-order valence-electron chi connectivity index (χ1n) is 6.52. The van der Waals surface area contributed by atoms with Crippen molar-refractivity contribution in [1.82, 2.24) is 10.2 Å². The summed E-state index contributed by atoms with van der Waals surface area (Å²) in [6, 6.07) is 1.63. The standard InChI is InChI=1S/C13H24N2/c1-2-14-12-8-10-15(11-9-12)13-6-4-3-5-7-13/h3-4,12-14H,2,5-11H2,1H3. The van der Waals surface area contributed by atoms with Crippen molar-refractivity contribution < 1.29 is 0 Å². The van der Waals surface area contributed by atoms with Crippen LogP contribution in [0, 0.1) is 0 Å². The SMILES string of the molecule is CCNC1CCN(C2CC=CCC2)CC1. The molecule has 1 fully saturated rings. The summed E-state index contributed by atoms with van der Waals surface area (Å²) in [6.45, 7) is 5.93. The van der Waals surface area contributed by atoms with Crippen molar-refractivity contribution >= 4 is 0 Å². The second kappa shape index (κ2) is 5.66. The Morgan fingerprint density at radius 3 is 2.60 bits per heavy atom. The maximum absolute atomic E-state index is 3.57. The molecule has 2 rings (SSSR count). The number of nitrogens with one attached hydrogen (secondary N) is 1. The summed E-state index contributed by atoms with van der Waals surface area (Å²) in [6.07, 6.45) is 11.3. The maximum Gasteiger partial charge on any atom is 0.0133 e. The lowest BCUT2D eigenvalue weighted by Gasteiger charge is -2.38. The molecule has 0 amide bonds. The van der Waals surface area contributed by atoms with Gasteiger partial charge in [0.1, 0.15) is 0 Å². The average Bonchev–Trinajstić information content (AvgIpc) is 2.32. The summed E-state index contributed by atoms with van der Waals surface area (Å²) in [5.41, 5.74) is 0. The number of hydrogen-bond acceptors (Lipinski definition) is 2. The predicted octanol–water partition coefficient (Wildman–Crippen LogP) is 2.17. The third-order valence-corrected chi connectivity index (χ3v) is 3.78. The van der Waals surface area contributed by atoms with E-state index in [0.717, 1.165) is 18.6 Å². The Morgan fingerprint density at radius 1 is 1.20 bits per heavy atom. The van der Waals surface area contributed by atoms with Crippen molar-refractivity contribution in [2.75, 3.05) is 19.6 Å². The van der Waals surface area contributed by atoms with Gasteiger partial charge >= 0.3 is 0 Å². The van der Waals surface area contributed by atoms with Crippen LogP contribution in [0.1, 0.15) is 39.0 Å². The molecule has 2 heteroatoms. The fourth-order valence-corrected chi connectivity index (χ4v) is 2.87. The first kappa shape index (κ1) is 11.2. The van der Waals surface area contributed by atoms with Crippen LogP contribution in [0.5, 0.6) is 0 Å². The van der Waals surface area contributed by atoms with Crippen LogP contribution < -0.4 is 5.32 Å². The lowest BCUT2D eigenvalue weighted by atomic mass is 9.96. The highest BCUT2D eigenvalue weighted by atomic mass is 15.2. The van der Waals surface area contributed by atoms with E-state index in [4.69, 9.17) is 0 Å². The number of piperidine rings is 1. The van der Waals surface area contributed by atoms with Crippen LogP contribution in [0.4, 0.5) is 0 Å². The van der Waals surface area contributed by atoms with Gasteiger partial charge < -0.3 is 5.32 Å². The molecule has 0 spiro atoms. The Bertz CT molecular complexity index is 205. The van der Waals surface area contributed by atoms with Gasteiger partial charge in [0.2, 0.25) is 0 Å². The van der Waals surface area contributed by atoms with Gasteiger partial charge in [-0.25, -0.2) is 0 Å². The van der Waals surface area contributed by atoms with Crippen LogP contribution in [0.3, 0.4) is 0 Å².